The second-order valence-electron chi connectivity index (χ2n) is 5.27. The smallest absolute Gasteiger partial charge is 0.191 e. The summed E-state index contributed by atoms with van der Waals surface area (Å²) >= 11 is 0. The number of halogens is 1. The lowest BCUT2D eigenvalue weighted by molar-refractivity contribution is 0.129. The zero-order valence-electron chi connectivity index (χ0n) is 15.5. The minimum absolute atomic E-state index is 0. The summed E-state index contributed by atoms with van der Waals surface area (Å²) in [6.07, 6.45) is 3.27. The predicted molar refractivity (Wildman–Crippen MR) is 114 cm³/mol. The Morgan fingerprint density at radius 1 is 1.04 bits per heavy atom. The Labute approximate surface area is 168 Å². The maximum atomic E-state index is 5.68. The van der Waals surface area contributed by atoms with Crippen LogP contribution in [0.25, 0.3) is 0 Å². The molecule has 144 valence electrons. The molecule has 0 saturated heterocycles. The molecule has 0 spiro atoms. The molecule has 0 heterocycles. The SMILES string of the molecule is CCCCOCCCNC(=NC)NCCOc1cccc(OC)c1.I. The van der Waals surface area contributed by atoms with Crippen LogP contribution in [0.1, 0.15) is 26.2 Å². The number of unbranched alkanes of at least 4 members (excludes halogenated alkanes) is 1. The van der Waals surface area contributed by atoms with Crippen LogP contribution in [-0.2, 0) is 4.74 Å². The average molecular weight is 465 g/mol. The Bertz CT molecular complexity index is 473. The lowest BCUT2D eigenvalue weighted by Crippen LogP contribution is -2.39. The van der Waals surface area contributed by atoms with Crippen molar-refractivity contribution in [3.63, 3.8) is 0 Å². The lowest BCUT2D eigenvalue weighted by atomic mass is 10.3. The van der Waals surface area contributed by atoms with Gasteiger partial charge < -0.3 is 24.8 Å². The van der Waals surface area contributed by atoms with Crippen molar-refractivity contribution >= 4 is 29.9 Å². The molecule has 2 N–H and O–H groups in total. The molecule has 0 saturated carbocycles. The van der Waals surface area contributed by atoms with Crippen LogP contribution in [0.2, 0.25) is 0 Å². The van der Waals surface area contributed by atoms with Crippen molar-refractivity contribution in [3.05, 3.63) is 24.3 Å². The van der Waals surface area contributed by atoms with E-state index in [1.807, 2.05) is 24.3 Å². The molecule has 0 aliphatic carbocycles. The van der Waals surface area contributed by atoms with E-state index in [-0.39, 0.29) is 24.0 Å². The molecule has 0 amide bonds. The minimum Gasteiger partial charge on any atom is -0.497 e. The van der Waals surface area contributed by atoms with E-state index in [9.17, 15) is 0 Å². The zero-order chi connectivity index (χ0) is 17.5. The van der Waals surface area contributed by atoms with E-state index in [0.29, 0.717) is 13.2 Å². The molecule has 0 aliphatic heterocycles. The van der Waals surface area contributed by atoms with Crippen molar-refractivity contribution in [2.45, 2.75) is 26.2 Å². The molecule has 6 nitrogen and oxygen atoms in total. The van der Waals surface area contributed by atoms with Gasteiger partial charge in [0.2, 0.25) is 0 Å². The van der Waals surface area contributed by atoms with Gasteiger partial charge in [-0.1, -0.05) is 19.4 Å². The monoisotopic (exact) mass is 465 g/mol. The largest absolute Gasteiger partial charge is 0.497 e. The van der Waals surface area contributed by atoms with Crippen LogP contribution in [0.3, 0.4) is 0 Å². The first-order valence-electron chi connectivity index (χ1n) is 8.59. The predicted octanol–water partition coefficient (Wildman–Crippen LogP) is 3.06. The molecule has 1 aromatic carbocycles. The molecule has 0 radical (unpaired) electrons. The van der Waals surface area contributed by atoms with E-state index in [1.165, 1.54) is 6.42 Å². The van der Waals surface area contributed by atoms with Gasteiger partial charge in [0.15, 0.2) is 5.96 Å². The van der Waals surface area contributed by atoms with Gasteiger partial charge in [-0.25, -0.2) is 0 Å². The van der Waals surface area contributed by atoms with Crippen LogP contribution in [0, 0.1) is 0 Å². The Hall–Kier alpha value is -1.22. The van der Waals surface area contributed by atoms with Gasteiger partial charge in [0, 0.05) is 32.9 Å². The number of hydrogen-bond donors (Lipinski definition) is 2. The molecule has 0 aliphatic rings. The number of benzene rings is 1. The molecule has 7 heteroatoms. The van der Waals surface area contributed by atoms with Crippen molar-refractivity contribution in [3.8, 4) is 11.5 Å². The highest BCUT2D eigenvalue weighted by Crippen LogP contribution is 2.18. The third-order valence-corrected chi connectivity index (χ3v) is 3.33. The number of hydrogen-bond acceptors (Lipinski definition) is 4. The zero-order valence-corrected chi connectivity index (χ0v) is 17.9. The number of guanidine groups is 1. The Balaban J connectivity index is 0.00000576. The number of ether oxygens (including phenoxy) is 3. The highest BCUT2D eigenvalue weighted by molar-refractivity contribution is 14.0. The molecule has 0 aromatic heterocycles. The fourth-order valence-electron chi connectivity index (χ4n) is 1.98. The Morgan fingerprint density at radius 2 is 1.76 bits per heavy atom. The first-order chi connectivity index (χ1) is 11.8. The lowest BCUT2D eigenvalue weighted by Gasteiger charge is -2.13. The molecule has 0 bridgehead atoms. The second kappa shape index (κ2) is 16.3. The van der Waals surface area contributed by atoms with Crippen LogP contribution in [-0.4, -0.2) is 53.0 Å². The van der Waals surface area contributed by atoms with E-state index in [0.717, 1.165) is 50.1 Å². The van der Waals surface area contributed by atoms with Crippen molar-refractivity contribution < 1.29 is 14.2 Å². The van der Waals surface area contributed by atoms with E-state index >= 15 is 0 Å². The maximum Gasteiger partial charge on any atom is 0.191 e. The van der Waals surface area contributed by atoms with E-state index in [2.05, 4.69) is 22.5 Å². The van der Waals surface area contributed by atoms with Gasteiger partial charge in [-0.05, 0) is 25.0 Å². The van der Waals surface area contributed by atoms with Crippen LogP contribution in [0.15, 0.2) is 29.3 Å². The van der Waals surface area contributed by atoms with Gasteiger partial charge in [0.1, 0.15) is 18.1 Å². The number of nitrogens with one attached hydrogen (secondary N) is 2. The summed E-state index contributed by atoms with van der Waals surface area (Å²) in [6.45, 7) is 5.85. The Morgan fingerprint density at radius 3 is 2.48 bits per heavy atom. The molecular formula is C18H32IN3O3. The summed E-state index contributed by atoms with van der Waals surface area (Å²) in [6, 6.07) is 7.58. The number of aliphatic imine (C=N–C) groups is 1. The van der Waals surface area contributed by atoms with Gasteiger partial charge in [-0.3, -0.25) is 4.99 Å². The van der Waals surface area contributed by atoms with Crippen LogP contribution < -0.4 is 20.1 Å². The molecule has 25 heavy (non-hydrogen) atoms. The molecule has 0 unspecified atom stereocenters. The fraction of sp³-hybridized carbons (Fsp3) is 0.611. The third-order valence-electron chi connectivity index (χ3n) is 3.33. The van der Waals surface area contributed by atoms with E-state index < -0.39 is 0 Å². The first kappa shape index (κ1) is 23.8. The van der Waals surface area contributed by atoms with Gasteiger partial charge in [0.25, 0.3) is 0 Å². The van der Waals surface area contributed by atoms with Gasteiger partial charge in [-0.2, -0.15) is 0 Å². The summed E-state index contributed by atoms with van der Waals surface area (Å²) in [5, 5.41) is 6.48. The maximum absolute atomic E-state index is 5.68. The number of methoxy groups -OCH3 is 1. The van der Waals surface area contributed by atoms with E-state index in [4.69, 9.17) is 14.2 Å². The van der Waals surface area contributed by atoms with Crippen molar-refractivity contribution in [1.82, 2.24) is 10.6 Å². The normalized spacial score (nSPS) is 10.8. The topological polar surface area (TPSA) is 64.1 Å². The number of nitrogens with zero attached hydrogens (tertiary/aromatic N) is 1. The highest BCUT2D eigenvalue weighted by atomic mass is 127. The van der Waals surface area contributed by atoms with E-state index in [1.54, 1.807) is 14.2 Å². The molecule has 0 atom stereocenters. The fourth-order valence-corrected chi connectivity index (χ4v) is 1.98. The van der Waals surface area contributed by atoms with Crippen LogP contribution in [0.5, 0.6) is 11.5 Å². The summed E-state index contributed by atoms with van der Waals surface area (Å²) in [7, 11) is 3.40. The van der Waals surface area contributed by atoms with Gasteiger partial charge in [0.05, 0.1) is 13.7 Å². The summed E-state index contributed by atoms with van der Waals surface area (Å²) in [5.74, 6) is 2.36. The molecule has 1 rings (SSSR count). The van der Waals surface area contributed by atoms with Gasteiger partial charge >= 0.3 is 0 Å². The minimum atomic E-state index is 0. The van der Waals surface area contributed by atoms with Crippen molar-refractivity contribution in [2.75, 3.05) is 47.1 Å². The molecule has 1 aromatic rings. The quantitative estimate of drug-likeness (QED) is 0.215. The highest BCUT2D eigenvalue weighted by Gasteiger charge is 1.99. The third kappa shape index (κ3) is 11.9. The first-order valence-corrected chi connectivity index (χ1v) is 8.59. The summed E-state index contributed by atoms with van der Waals surface area (Å²) < 4.78 is 16.4. The average Bonchev–Trinajstić information content (AvgIpc) is 2.62. The van der Waals surface area contributed by atoms with Crippen LogP contribution >= 0.6 is 24.0 Å². The number of rotatable bonds is 12. The summed E-state index contributed by atoms with van der Waals surface area (Å²) in [5.41, 5.74) is 0. The van der Waals surface area contributed by atoms with Crippen LogP contribution in [0.4, 0.5) is 0 Å². The summed E-state index contributed by atoms with van der Waals surface area (Å²) in [4.78, 5) is 4.19. The van der Waals surface area contributed by atoms with Gasteiger partial charge in [-0.15, -0.1) is 24.0 Å². The standard InChI is InChI=1S/C18H31N3O3.HI/c1-4-5-12-23-13-7-10-20-18(19-2)21-11-14-24-17-9-6-8-16(15-17)22-3;/h6,8-9,15H,4-5,7,10-14H2,1-3H3,(H2,19,20,21);1H. The molecule has 0 fully saturated rings. The second-order valence-corrected chi connectivity index (χ2v) is 5.27. The molecular weight excluding hydrogens is 433 g/mol. The van der Waals surface area contributed by atoms with Crippen molar-refractivity contribution in [2.24, 2.45) is 4.99 Å². The van der Waals surface area contributed by atoms with Crippen molar-refractivity contribution in [1.29, 1.82) is 0 Å². The Kier molecular flexibility index (Phi) is 15.5.